The second-order valence-corrected chi connectivity index (χ2v) is 6.15. The van der Waals surface area contributed by atoms with Crippen LogP contribution in [-0.2, 0) is 20.8 Å². The van der Waals surface area contributed by atoms with E-state index in [0.717, 1.165) is 5.56 Å². The number of carbonyl (C=O) groups excluding carboxylic acids is 2. The van der Waals surface area contributed by atoms with Crippen molar-refractivity contribution in [3.05, 3.63) is 35.9 Å². The number of benzene rings is 1. The number of carbonyl (C=O) groups is 3. The van der Waals surface area contributed by atoms with Gasteiger partial charge in [0.1, 0.15) is 6.04 Å². The minimum atomic E-state index is -1.14. The van der Waals surface area contributed by atoms with Crippen LogP contribution in [0, 0.1) is 11.8 Å². The van der Waals surface area contributed by atoms with Crippen molar-refractivity contribution in [2.75, 3.05) is 0 Å². The summed E-state index contributed by atoms with van der Waals surface area (Å²) in [4.78, 5) is 35.2. The molecule has 2 unspecified atom stereocenters. The van der Waals surface area contributed by atoms with Crippen LogP contribution in [0.1, 0.15) is 32.3 Å². The van der Waals surface area contributed by atoms with E-state index >= 15 is 0 Å². The minimum Gasteiger partial charge on any atom is -0.480 e. The Hall–Kier alpha value is -2.41. The molecule has 0 radical (unpaired) electrons. The van der Waals surface area contributed by atoms with Gasteiger partial charge in [0.2, 0.25) is 11.8 Å². The van der Waals surface area contributed by atoms with Gasteiger partial charge in [-0.2, -0.15) is 0 Å². The van der Waals surface area contributed by atoms with Crippen molar-refractivity contribution in [1.82, 2.24) is 10.8 Å². The van der Waals surface area contributed by atoms with Crippen LogP contribution in [-0.4, -0.2) is 34.1 Å². The lowest BCUT2D eigenvalue weighted by Crippen LogP contribution is -2.46. The molecule has 2 atom stereocenters. The SMILES string of the molecule is CC(C)CC(CC(=O)NO)C(=O)NC(Cc1ccccc1)C(=O)O. The number of rotatable bonds is 9. The van der Waals surface area contributed by atoms with E-state index in [1.165, 1.54) is 5.48 Å². The van der Waals surface area contributed by atoms with Crippen LogP contribution in [0.4, 0.5) is 0 Å². The number of carboxylic acid groups (broad SMARTS) is 1. The van der Waals surface area contributed by atoms with Gasteiger partial charge in [0, 0.05) is 18.8 Å². The largest absolute Gasteiger partial charge is 0.480 e. The molecular weight excluding hydrogens is 312 g/mol. The summed E-state index contributed by atoms with van der Waals surface area (Å²) in [5, 5.41) is 20.5. The summed E-state index contributed by atoms with van der Waals surface area (Å²) in [5.41, 5.74) is 2.29. The predicted molar refractivity (Wildman–Crippen MR) is 87.2 cm³/mol. The maximum absolute atomic E-state index is 12.4. The monoisotopic (exact) mass is 336 g/mol. The summed E-state index contributed by atoms with van der Waals surface area (Å²) in [7, 11) is 0. The first-order valence-electron chi connectivity index (χ1n) is 7.83. The fourth-order valence-corrected chi connectivity index (χ4v) is 2.46. The molecule has 0 bridgehead atoms. The third kappa shape index (κ3) is 6.78. The lowest BCUT2D eigenvalue weighted by atomic mass is 9.92. The van der Waals surface area contributed by atoms with Gasteiger partial charge in [-0.3, -0.25) is 14.8 Å². The molecule has 24 heavy (non-hydrogen) atoms. The molecule has 4 N–H and O–H groups in total. The predicted octanol–water partition coefficient (Wildman–Crippen LogP) is 1.36. The molecule has 0 fully saturated rings. The fraction of sp³-hybridized carbons (Fsp3) is 0.471. The average molecular weight is 336 g/mol. The maximum atomic E-state index is 12.4. The van der Waals surface area contributed by atoms with E-state index in [0.29, 0.717) is 6.42 Å². The normalized spacial score (nSPS) is 13.2. The quantitative estimate of drug-likeness (QED) is 0.401. The highest BCUT2D eigenvalue weighted by atomic mass is 16.5. The Morgan fingerprint density at radius 3 is 2.25 bits per heavy atom. The Balaban J connectivity index is 2.79. The van der Waals surface area contributed by atoms with Crippen molar-refractivity contribution in [3.63, 3.8) is 0 Å². The first kappa shape index (κ1) is 19.6. The molecule has 132 valence electrons. The van der Waals surface area contributed by atoms with Crippen molar-refractivity contribution in [3.8, 4) is 0 Å². The van der Waals surface area contributed by atoms with E-state index in [2.05, 4.69) is 5.32 Å². The van der Waals surface area contributed by atoms with Crippen molar-refractivity contribution in [2.45, 2.75) is 39.2 Å². The standard InChI is InChI=1S/C17H24N2O5/c1-11(2)8-13(10-15(20)19-24)16(21)18-14(17(22)23)9-12-6-4-3-5-7-12/h3-7,11,13-14,24H,8-10H2,1-2H3,(H,18,21)(H,19,20)(H,22,23). The zero-order valence-electron chi connectivity index (χ0n) is 13.9. The molecule has 1 rings (SSSR count). The van der Waals surface area contributed by atoms with Crippen LogP contribution < -0.4 is 10.8 Å². The average Bonchev–Trinajstić information content (AvgIpc) is 2.53. The van der Waals surface area contributed by atoms with Gasteiger partial charge in [-0.25, -0.2) is 10.3 Å². The van der Waals surface area contributed by atoms with E-state index in [9.17, 15) is 19.5 Å². The lowest BCUT2D eigenvalue weighted by molar-refractivity contribution is -0.143. The molecule has 7 heteroatoms. The van der Waals surface area contributed by atoms with Crippen LogP contribution >= 0.6 is 0 Å². The van der Waals surface area contributed by atoms with Crippen LogP contribution in [0.15, 0.2) is 30.3 Å². The molecular formula is C17H24N2O5. The summed E-state index contributed by atoms with van der Waals surface area (Å²) in [5.74, 6) is -2.87. The number of nitrogens with one attached hydrogen (secondary N) is 2. The van der Waals surface area contributed by atoms with Crippen molar-refractivity contribution >= 4 is 17.8 Å². The van der Waals surface area contributed by atoms with Gasteiger partial charge in [-0.15, -0.1) is 0 Å². The number of aliphatic carboxylic acids is 1. The fourth-order valence-electron chi connectivity index (χ4n) is 2.46. The third-order valence-corrected chi connectivity index (χ3v) is 3.58. The number of hydrogen-bond acceptors (Lipinski definition) is 4. The topological polar surface area (TPSA) is 116 Å². The molecule has 0 aromatic heterocycles. The number of amides is 2. The summed E-state index contributed by atoms with van der Waals surface area (Å²) in [6.45, 7) is 3.80. The molecule has 0 aliphatic rings. The zero-order valence-corrected chi connectivity index (χ0v) is 13.9. The van der Waals surface area contributed by atoms with E-state index < -0.39 is 29.7 Å². The Morgan fingerprint density at radius 1 is 1.12 bits per heavy atom. The van der Waals surface area contributed by atoms with Crippen molar-refractivity contribution < 1.29 is 24.7 Å². The highest BCUT2D eigenvalue weighted by molar-refractivity contribution is 5.88. The number of hydroxylamine groups is 1. The van der Waals surface area contributed by atoms with Crippen molar-refractivity contribution in [2.24, 2.45) is 11.8 Å². The zero-order chi connectivity index (χ0) is 18.1. The molecule has 2 amide bonds. The van der Waals surface area contributed by atoms with Gasteiger partial charge in [0.15, 0.2) is 0 Å². The van der Waals surface area contributed by atoms with Gasteiger partial charge < -0.3 is 10.4 Å². The molecule has 0 spiro atoms. The van der Waals surface area contributed by atoms with E-state index in [1.807, 2.05) is 19.9 Å². The van der Waals surface area contributed by atoms with Crippen molar-refractivity contribution in [1.29, 1.82) is 0 Å². The molecule has 0 saturated carbocycles. The van der Waals surface area contributed by atoms with Gasteiger partial charge in [-0.1, -0.05) is 44.2 Å². The van der Waals surface area contributed by atoms with E-state index in [-0.39, 0.29) is 18.8 Å². The van der Waals surface area contributed by atoms with E-state index in [4.69, 9.17) is 5.21 Å². The molecule has 0 heterocycles. The second kappa shape index (κ2) is 9.67. The summed E-state index contributed by atoms with van der Waals surface area (Å²) < 4.78 is 0. The third-order valence-electron chi connectivity index (χ3n) is 3.58. The minimum absolute atomic E-state index is 0.143. The molecule has 1 aromatic rings. The van der Waals surface area contributed by atoms with Crippen LogP contribution in [0.5, 0.6) is 0 Å². The van der Waals surface area contributed by atoms with Gasteiger partial charge >= 0.3 is 5.97 Å². The smallest absolute Gasteiger partial charge is 0.326 e. The second-order valence-electron chi connectivity index (χ2n) is 6.15. The Bertz CT molecular complexity index is 559. The Morgan fingerprint density at radius 2 is 1.75 bits per heavy atom. The Kier molecular flexibility index (Phi) is 7.91. The Labute approximate surface area is 141 Å². The molecule has 0 aliphatic carbocycles. The maximum Gasteiger partial charge on any atom is 0.326 e. The first-order valence-corrected chi connectivity index (χ1v) is 7.83. The van der Waals surface area contributed by atoms with Gasteiger partial charge in [0.25, 0.3) is 0 Å². The highest BCUT2D eigenvalue weighted by Crippen LogP contribution is 2.16. The summed E-state index contributed by atoms with van der Waals surface area (Å²) in [6, 6.07) is 7.91. The highest BCUT2D eigenvalue weighted by Gasteiger charge is 2.27. The first-order chi connectivity index (χ1) is 11.3. The molecule has 1 aromatic carbocycles. The van der Waals surface area contributed by atoms with Gasteiger partial charge in [0.05, 0.1) is 0 Å². The van der Waals surface area contributed by atoms with E-state index in [1.54, 1.807) is 24.3 Å². The van der Waals surface area contributed by atoms with Gasteiger partial charge in [-0.05, 0) is 17.9 Å². The number of hydrogen-bond donors (Lipinski definition) is 4. The summed E-state index contributed by atoms with van der Waals surface area (Å²) >= 11 is 0. The number of carboxylic acids is 1. The van der Waals surface area contributed by atoms with Crippen LogP contribution in [0.3, 0.4) is 0 Å². The summed E-state index contributed by atoms with van der Waals surface area (Å²) in [6.07, 6.45) is 0.373. The molecule has 7 nitrogen and oxygen atoms in total. The molecule has 0 saturated heterocycles. The molecule has 0 aliphatic heterocycles. The van der Waals surface area contributed by atoms with Crippen LogP contribution in [0.25, 0.3) is 0 Å². The lowest BCUT2D eigenvalue weighted by Gasteiger charge is -2.21. The van der Waals surface area contributed by atoms with Crippen LogP contribution in [0.2, 0.25) is 0 Å².